The zero-order valence-corrected chi connectivity index (χ0v) is 8.47. The third-order valence-corrected chi connectivity index (χ3v) is 2.30. The van der Waals surface area contributed by atoms with E-state index in [1.165, 1.54) is 12.0 Å². The molecule has 1 atom stereocenters. The standard InChI is InChI=1S/C11H20N2/c1-3-5-10-6-8-13-11(9-10)12-7-4-2/h3,5,11-13H,1,4,6-9H2,2H3/b10-5-. The average molecular weight is 180 g/mol. The van der Waals surface area contributed by atoms with Crippen LogP contribution >= 0.6 is 0 Å². The van der Waals surface area contributed by atoms with Crippen LogP contribution in [-0.2, 0) is 0 Å². The van der Waals surface area contributed by atoms with E-state index in [2.05, 4.69) is 30.2 Å². The van der Waals surface area contributed by atoms with E-state index in [4.69, 9.17) is 0 Å². The van der Waals surface area contributed by atoms with Crippen molar-refractivity contribution >= 4 is 0 Å². The second kappa shape index (κ2) is 5.95. The van der Waals surface area contributed by atoms with Crippen LogP contribution in [0.1, 0.15) is 26.2 Å². The summed E-state index contributed by atoms with van der Waals surface area (Å²) in [6, 6.07) is 0. The van der Waals surface area contributed by atoms with Crippen LogP contribution in [-0.4, -0.2) is 19.3 Å². The van der Waals surface area contributed by atoms with Gasteiger partial charge in [-0.15, -0.1) is 0 Å². The van der Waals surface area contributed by atoms with Crippen molar-refractivity contribution in [3.05, 3.63) is 24.3 Å². The molecule has 2 nitrogen and oxygen atoms in total. The smallest absolute Gasteiger partial charge is 0.0610 e. The fourth-order valence-electron chi connectivity index (χ4n) is 1.62. The van der Waals surface area contributed by atoms with Crippen LogP contribution in [0.15, 0.2) is 24.3 Å². The highest BCUT2D eigenvalue weighted by atomic mass is 15.1. The van der Waals surface area contributed by atoms with E-state index in [9.17, 15) is 0 Å². The fourth-order valence-corrected chi connectivity index (χ4v) is 1.62. The summed E-state index contributed by atoms with van der Waals surface area (Å²) in [6.45, 7) is 8.10. The molecule has 0 radical (unpaired) electrons. The first kappa shape index (κ1) is 10.5. The molecule has 2 N–H and O–H groups in total. The molecule has 0 aromatic heterocycles. The Morgan fingerprint density at radius 3 is 3.23 bits per heavy atom. The normalized spacial score (nSPS) is 26.2. The highest BCUT2D eigenvalue weighted by molar-refractivity contribution is 5.13. The summed E-state index contributed by atoms with van der Waals surface area (Å²) in [7, 11) is 0. The molecule has 0 spiro atoms. The maximum atomic E-state index is 3.72. The molecule has 0 aliphatic carbocycles. The van der Waals surface area contributed by atoms with Crippen molar-refractivity contribution in [1.82, 2.24) is 10.6 Å². The second-order valence-corrected chi connectivity index (χ2v) is 3.48. The first-order chi connectivity index (χ1) is 6.36. The van der Waals surface area contributed by atoms with Crippen LogP contribution < -0.4 is 10.6 Å². The highest BCUT2D eigenvalue weighted by Crippen LogP contribution is 2.13. The first-order valence-corrected chi connectivity index (χ1v) is 5.14. The molecule has 1 aliphatic heterocycles. The van der Waals surface area contributed by atoms with Crippen LogP contribution in [0.4, 0.5) is 0 Å². The minimum Gasteiger partial charge on any atom is -0.302 e. The number of allylic oxidation sites excluding steroid dienone is 2. The number of rotatable bonds is 4. The average Bonchev–Trinajstić information content (AvgIpc) is 2.16. The van der Waals surface area contributed by atoms with Crippen LogP contribution in [0.5, 0.6) is 0 Å². The van der Waals surface area contributed by atoms with Crippen LogP contribution in [0.2, 0.25) is 0 Å². The van der Waals surface area contributed by atoms with Gasteiger partial charge in [-0.2, -0.15) is 0 Å². The maximum absolute atomic E-state index is 3.72. The van der Waals surface area contributed by atoms with Gasteiger partial charge in [-0.25, -0.2) is 0 Å². The van der Waals surface area contributed by atoms with Crippen LogP contribution in [0, 0.1) is 0 Å². The molecule has 13 heavy (non-hydrogen) atoms. The lowest BCUT2D eigenvalue weighted by atomic mass is 10.0. The van der Waals surface area contributed by atoms with Gasteiger partial charge in [-0.3, -0.25) is 0 Å². The number of hydrogen-bond donors (Lipinski definition) is 2. The lowest BCUT2D eigenvalue weighted by molar-refractivity contribution is 0.391. The van der Waals surface area contributed by atoms with E-state index in [-0.39, 0.29) is 0 Å². The van der Waals surface area contributed by atoms with Gasteiger partial charge in [0.05, 0.1) is 6.17 Å². The molecule has 0 amide bonds. The minimum absolute atomic E-state index is 0.472. The Balaban J connectivity index is 2.33. The molecule has 74 valence electrons. The summed E-state index contributed by atoms with van der Waals surface area (Å²) in [5.41, 5.74) is 1.50. The van der Waals surface area contributed by atoms with E-state index in [1.54, 1.807) is 0 Å². The SMILES string of the molecule is C=C/C=C1/CCNC(NCCC)C1. The Kier molecular flexibility index (Phi) is 4.79. The molecule has 1 fully saturated rings. The Labute approximate surface area is 81.1 Å². The summed E-state index contributed by atoms with van der Waals surface area (Å²) in [5, 5.41) is 6.93. The first-order valence-electron chi connectivity index (χ1n) is 5.14. The Morgan fingerprint density at radius 2 is 2.54 bits per heavy atom. The second-order valence-electron chi connectivity index (χ2n) is 3.48. The van der Waals surface area contributed by atoms with Crippen LogP contribution in [0.25, 0.3) is 0 Å². The molecule has 1 heterocycles. The molecule has 1 saturated heterocycles. The predicted octanol–water partition coefficient (Wildman–Crippen LogP) is 1.81. The molecular formula is C11H20N2. The van der Waals surface area contributed by atoms with E-state index in [0.29, 0.717) is 6.17 Å². The largest absolute Gasteiger partial charge is 0.302 e. The molecule has 1 unspecified atom stereocenters. The topological polar surface area (TPSA) is 24.1 Å². The zero-order chi connectivity index (χ0) is 9.52. The van der Waals surface area contributed by atoms with Crippen molar-refractivity contribution in [2.75, 3.05) is 13.1 Å². The predicted molar refractivity (Wildman–Crippen MR) is 57.6 cm³/mol. The van der Waals surface area contributed by atoms with Crippen LogP contribution in [0.3, 0.4) is 0 Å². The van der Waals surface area contributed by atoms with Gasteiger partial charge in [-0.1, -0.05) is 31.2 Å². The summed E-state index contributed by atoms with van der Waals surface area (Å²) >= 11 is 0. The van der Waals surface area contributed by atoms with Gasteiger partial charge in [-0.05, 0) is 25.8 Å². The lowest BCUT2D eigenvalue weighted by Gasteiger charge is -2.26. The summed E-state index contributed by atoms with van der Waals surface area (Å²) in [6.07, 6.45) is 7.97. The molecule has 1 rings (SSSR count). The third kappa shape index (κ3) is 3.75. The molecule has 0 saturated carbocycles. The van der Waals surface area contributed by atoms with Gasteiger partial charge in [0.1, 0.15) is 0 Å². The Bertz CT molecular complexity index is 185. The van der Waals surface area contributed by atoms with E-state index in [1.807, 2.05) is 6.08 Å². The molecule has 2 heteroatoms. The van der Waals surface area contributed by atoms with Crippen molar-refractivity contribution in [1.29, 1.82) is 0 Å². The van der Waals surface area contributed by atoms with Gasteiger partial charge < -0.3 is 10.6 Å². The molecule has 1 aliphatic rings. The summed E-state index contributed by atoms with van der Waals surface area (Å²) < 4.78 is 0. The van der Waals surface area contributed by atoms with E-state index < -0.39 is 0 Å². The molecule has 0 aromatic carbocycles. The van der Waals surface area contributed by atoms with Crippen molar-refractivity contribution in [2.45, 2.75) is 32.4 Å². The molecule has 0 bridgehead atoms. The number of piperidine rings is 1. The maximum Gasteiger partial charge on any atom is 0.0610 e. The Hall–Kier alpha value is -0.600. The highest BCUT2D eigenvalue weighted by Gasteiger charge is 2.13. The van der Waals surface area contributed by atoms with Gasteiger partial charge >= 0.3 is 0 Å². The molecule has 0 aromatic rings. The van der Waals surface area contributed by atoms with E-state index in [0.717, 1.165) is 25.9 Å². The van der Waals surface area contributed by atoms with Crippen molar-refractivity contribution in [3.63, 3.8) is 0 Å². The van der Waals surface area contributed by atoms with Crippen molar-refractivity contribution < 1.29 is 0 Å². The monoisotopic (exact) mass is 180 g/mol. The lowest BCUT2D eigenvalue weighted by Crippen LogP contribution is -2.46. The summed E-state index contributed by atoms with van der Waals surface area (Å²) in [4.78, 5) is 0. The van der Waals surface area contributed by atoms with Gasteiger partial charge in [0.2, 0.25) is 0 Å². The van der Waals surface area contributed by atoms with Gasteiger partial charge in [0.25, 0.3) is 0 Å². The molecular weight excluding hydrogens is 160 g/mol. The van der Waals surface area contributed by atoms with Crippen molar-refractivity contribution in [3.8, 4) is 0 Å². The van der Waals surface area contributed by atoms with E-state index >= 15 is 0 Å². The Morgan fingerprint density at radius 1 is 1.69 bits per heavy atom. The minimum atomic E-state index is 0.472. The van der Waals surface area contributed by atoms with Crippen molar-refractivity contribution in [2.24, 2.45) is 0 Å². The summed E-state index contributed by atoms with van der Waals surface area (Å²) in [5.74, 6) is 0. The van der Waals surface area contributed by atoms with Gasteiger partial charge in [0, 0.05) is 6.54 Å². The number of nitrogens with one attached hydrogen (secondary N) is 2. The van der Waals surface area contributed by atoms with Gasteiger partial charge in [0.15, 0.2) is 0 Å². The fraction of sp³-hybridized carbons (Fsp3) is 0.636. The zero-order valence-electron chi connectivity index (χ0n) is 8.47. The third-order valence-electron chi connectivity index (χ3n) is 2.30. The quantitative estimate of drug-likeness (QED) is 0.689. The number of hydrogen-bond acceptors (Lipinski definition) is 2.